The molecular weight excluding hydrogens is 220 g/mol. The highest BCUT2D eigenvalue weighted by Gasteiger charge is 2.11. The van der Waals surface area contributed by atoms with Crippen molar-refractivity contribution in [1.29, 1.82) is 0 Å². The molecule has 2 aromatic rings. The Morgan fingerprint density at radius 3 is 2.88 bits per heavy atom. The average Bonchev–Trinajstić information content (AvgIpc) is 2.80. The Morgan fingerprint density at radius 1 is 1.41 bits per heavy atom. The summed E-state index contributed by atoms with van der Waals surface area (Å²) in [5, 5.41) is 9.05. The lowest BCUT2D eigenvalue weighted by atomic mass is 10.1. The second-order valence-corrected chi connectivity index (χ2v) is 3.73. The molecule has 0 radical (unpaired) electrons. The third kappa shape index (κ3) is 2.66. The van der Waals surface area contributed by atoms with Crippen LogP contribution in [0.2, 0.25) is 0 Å². The summed E-state index contributed by atoms with van der Waals surface area (Å²) in [6.07, 6.45) is 3.11. The Balaban J connectivity index is 2.17. The van der Waals surface area contributed by atoms with E-state index in [9.17, 15) is 4.79 Å². The molecule has 2 rings (SSSR count). The van der Waals surface area contributed by atoms with E-state index < -0.39 is 5.97 Å². The molecule has 0 fully saturated rings. The van der Waals surface area contributed by atoms with E-state index >= 15 is 0 Å². The minimum atomic E-state index is -0.990. The normalized spacial score (nSPS) is 10.2. The van der Waals surface area contributed by atoms with Gasteiger partial charge in [0, 0.05) is 5.56 Å². The summed E-state index contributed by atoms with van der Waals surface area (Å²) in [7, 11) is 0. The standard InChI is InChI=1S/C13H12O4/c1-9-2-3-12(11(6-9)13(14)15)17-8-10-4-5-16-7-10/h2-7H,8H2,1H3,(H,14,15). The molecular formula is C13H12O4. The molecule has 0 bridgehead atoms. The van der Waals surface area contributed by atoms with E-state index in [4.69, 9.17) is 14.3 Å². The van der Waals surface area contributed by atoms with Crippen molar-refractivity contribution in [1.82, 2.24) is 0 Å². The average molecular weight is 232 g/mol. The van der Waals surface area contributed by atoms with E-state index in [-0.39, 0.29) is 5.56 Å². The van der Waals surface area contributed by atoms with E-state index in [1.807, 2.05) is 13.0 Å². The predicted octanol–water partition coefficient (Wildman–Crippen LogP) is 2.87. The summed E-state index contributed by atoms with van der Waals surface area (Å²) in [6.45, 7) is 2.13. The zero-order chi connectivity index (χ0) is 12.3. The van der Waals surface area contributed by atoms with Crippen molar-refractivity contribution in [2.24, 2.45) is 0 Å². The topological polar surface area (TPSA) is 59.7 Å². The van der Waals surface area contributed by atoms with Crippen LogP contribution in [0.5, 0.6) is 5.75 Å². The van der Waals surface area contributed by atoms with E-state index in [0.29, 0.717) is 12.4 Å². The number of carboxylic acids is 1. The SMILES string of the molecule is Cc1ccc(OCc2ccoc2)c(C(=O)O)c1. The van der Waals surface area contributed by atoms with Gasteiger partial charge in [-0.05, 0) is 25.1 Å². The summed E-state index contributed by atoms with van der Waals surface area (Å²) in [4.78, 5) is 11.0. The van der Waals surface area contributed by atoms with Crippen LogP contribution in [0.4, 0.5) is 0 Å². The van der Waals surface area contributed by atoms with E-state index in [0.717, 1.165) is 11.1 Å². The third-order valence-electron chi connectivity index (χ3n) is 2.34. The molecule has 1 aromatic heterocycles. The predicted molar refractivity (Wildman–Crippen MR) is 61.2 cm³/mol. The molecule has 0 aliphatic heterocycles. The number of ether oxygens (including phenoxy) is 1. The monoisotopic (exact) mass is 232 g/mol. The molecule has 17 heavy (non-hydrogen) atoms. The number of hydrogen-bond acceptors (Lipinski definition) is 3. The zero-order valence-corrected chi connectivity index (χ0v) is 9.34. The number of hydrogen-bond donors (Lipinski definition) is 1. The molecule has 1 heterocycles. The smallest absolute Gasteiger partial charge is 0.339 e. The molecule has 0 saturated heterocycles. The van der Waals surface area contributed by atoms with Crippen molar-refractivity contribution in [3.05, 3.63) is 53.5 Å². The van der Waals surface area contributed by atoms with E-state index in [1.54, 1.807) is 30.7 Å². The fourth-order valence-electron chi connectivity index (χ4n) is 1.47. The van der Waals surface area contributed by atoms with Gasteiger partial charge in [0.15, 0.2) is 0 Å². The Kier molecular flexibility index (Phi) is 3.14. The highest BCUT2D eigenvalue weighted by molar-refractivity contribution is 5.91. The molecule has 0 amide bonds. The van der Waals surface area contributed by atoms with Gasteiger partial charge >= 0.3 is 5.97 Å². The molecule has 0 atom stereocenters. The number of aryl methyl sites for hydroxylation is 1. The van der Waals surface area contributed by atoms with Crippen LogP contribution in [-0.2, 0) is 6.61 Å². The van der Waals surface area contributed by atoms with Crippen molar-refractivity contribution in [3.8, 4) is 5.75 Å². The molecule has 4 nitrogen and oxygen atoms in total. The van der Waals surface area contributed by atoms with Crippen LogP contribution in [-0.4, -0.2) is 11.1 Å². The van der Waals surface area contributed by atoms with Crippen molar-refractivity contribution in [3.63, 3.8) is 0 Å². The first-order valence-electron chi connectivity index (χ1n) is 5.14. The fourth-order valence-corrected chi connectivity index (χ4v) is 1.47. The number of rotatable bonds is 4. The van der Waals surface area contributed by atoms with Gasteiger partial charge in [-0.15, -0.1) is 0 Å². The molecule has 4 heteroatoms. The second kappa shape index (κ2) is 4.74. The first-order valence-corrected chi connectivity index (χ1v) is 5.14. The highest BCUT2D eigenvalue weighted by atomic mass is 16.5. The third-order valence-corrected chi connectivity index (χ3v) is 2.34. The number of furan rings is 1. The van der Waals surface area contributed by atoms with Gasteiger partial charge in [0.2, 0.25) is 0 Å². The number of aromatic carboxylic acids is 1. The number of carbonyl (C=O) groups is 1. The van der Waals surface area contributed by atoms with Gasteiger partial charge in [0.1, 0.15) is 17.9 Å². The molecule has 1 aromatic carbocycles. The molecule has 88 valence electrons. The maximum Gasteiger partial charge on any atom is 0.339 e. The molecule has 0 saturated carbocycles. The Labute approximate surface area is 98.4 Å². The van der Waals surface area contributed by atoms with E-state index in [1.165, 1.54) is 0 Å². The van der Waals surface area contributed by atoms with Crippen molar-refractivity contribution < 1.29 is 19.1 Å². The van der Waals surface area contributed by atoms with Gasteiger partial charge in [-0.3, -0.25) is 0 Å². The van der Waals surface area contributed by atoms with Crippen LogP contribution in [0.3, 0.4) is 0 Å². The van der Waals surface area contributed by atoms with Gasteiger partial charge in [-0.1, -0.05) is 11.6 Å². The summed E-state index contributed by atoms with van der Waals surface area (Å²) < 4.78 is 10.4. The Morgan fingerprint density at radius 2 is 2.24 bits per heavy atom. The Bertz CT molecular complexity index is 514. The van der Waals surface area contributed by atoms with Crippen LogP contribution in [0.15, 0.2) is 41.2 Å². The zero-order valence-electron chi connectivity index (χ0n) is 9.34. The summed E-state index contributed by atoms with van der Waals surface area (Å²) in [5.74, 6) is -0.625. The van der Waals surface area contributed by atoms with Crippen LogP contribution in [0.1, 0.15) is 21.5 Å². The molecule has 0 aliphatic carbocycles. The number of carboxylic acid groups (broad SMARTS) is 1. The van der Waals surface area contributed by atoms with E-state index in [2.05, 4.69) is 0 Å². The largest absolute Gasteiger partial charge is 0.488 e. The van der Waals surface area contributed by atoms with Gasteiger partial charge in [-0.25, -0.2) is 4.79 Å². The van der Waals surface area contributed by atoms with Gasteiger partial charge in [0.05, 0.1) is 12.5 Å². The fraction of sp³-hybridized carbons (Fsp3) is 0.154. The van der Waals surface area contributed by atoms with Crippen molar-refractivity contribution >= 4 is 5.97 Å². The minimum absolute atomic E-state index is 0.175. The lowest BCUT2D eigenvalue weighted by molar-refractivity contribution is 0.0691. The van der Waals surface area contributed by atoms with Crippen LogP contribution in [0.25, 0.3) is 0 Å². The lowest BCUT2D eigenvalue weighted by Crippen LogP contribution is -2.03. The maximum atomic E-state index is 11.0. The van der Waals surface area contributed by atoms with Crippen molar-refractivity contribution in [2.75, 3.05) is 0 Å². The highest BCUT2D eigenvalue weighted by Crippen LogP contribution is 2.21. The minimum Gasteiger partial charge on any atom is -0.488 e. The van der Waals surface area contributed by atoms with Gasteiger partial charge < -0.3 is 14.3 Å². The summed E-state index contributed by atoms with van der Waals surface area (Å²) in [5.41, 5.74) is 1.92. The van der Waals surface area contributed by atoms with Gasteiger partial charge in [-0.2, -0.15) is 0 Å². The Hall–Kier alpha value is -2.23. The van der Waals surface area contributed by atoms with Gasteiger partial charge in [0.25, 0.3) is 0 Å². The molecule has 1 N–H and O–H groups in total. The molecule has 0 spiro atoms. The van der Waals surface area contributed by atoms with Crippen molar-refractivity contribution in [2.45, 2.75) is 13.5 Å². The quantitative estimate of drug-likeness (QED) is 0.880. The van der Waals surface area contributed by atoms with Crippen LogP contribution >= 0.6 is 0 Å². The number of benzene rings is 1. The lowest BCUT2D eigenvalue weighted by Gasteiger charge is -2.08. The molecule has 0 unspecified atom stereocenters. The maximum absolute atomic E-state index is 11.0. The van der Waals surface area contributed by atoms with Crippen LogP contribution in [0, 0.1) is 6.92 Å². The first-order chi connectivity index (χ1) is 8.16. The van der Waals surface area contributed by atoms with Crippen LogP contribution < -0.4 is 4.74 Å². The second-order valence-electron chi connectivity index (χ2n) is 3.73. The summed E-state index contributed by atoms with van der Waals surface area (Å²) >= 11 is 0. The molecule has 0 aliphatic rings. The first kappa shape index (κ1) is 11.3. The summed E-state index contributed by atoms with van der Waals surface area (Å²) in [6, 6.07) is 6.84.